The smallest absolute Gasteiger partial charge is 0.257 e. The van der Waals surface area contributed by atoms with Crippen molar-refractivity contribution in [3.63, 3.8) is 0 Å². The standard InChI is InChI=1S/C23H29N3O4S2/c1-4-6-14-26(15-7-5-2)32(28,29)19-12-13-20-21(16-19)31-23(24-20)25-22(27)17-8-10-18(30-3)11-9-17/h8-13,16H,4-7,14-15H2,1-3H3,(H,24,25,27). The third kappa shape index (κ3) is 5.65. The zero-order valence-corrected chi connectivity index (χ0v) is 20.3. The zero-order chi connectivity index (χ0) is 23.1. The Morgan fingerprint density at radius 3 is 2.31 bits per heavy atom. The number of carbonyl (C=O) groups excluding carboxylic acids is 1. The van der Waals surface area contributed by atoms with E-state index in [4.69, 9.17) is 4.74 Å². The predicted octanol–water partition coefficient (Wildman–Crippen LogP) is 5.15. The number of hydrogen-bond acceptors (Lipinski definition) is 6. The molecule has 0 spiro atoms. The summed E-state index contributed by atoms with van der Waals surface area (Å²) in [6.45, 7) is 5.14. The Morgan fingerprint density at radius 2 is 1.72 bits per heavy atom. The fourth-order valence-corrected chi connectivity index (χ4v) is 5.72. The van der Waals surface area contributed by atoms with Crippen molar-refractivity contribution in [1.29, 1.82) is 0 Å². The first-order chi connectivity index (χ1) is 15.4. The molecule has 1 N–H and O–H groups in total. The van der Waals surface area contributed by atoms with Gasteiger partial charge in [0.25, 0.3) is 5.91 Å². The van der Waals surface area contributed by atoms with E-state index in [0.717, 1.165) is 25.7 Å². The summed E-state index contributed by atoms with van der Waals surface area (Å²) >= 11 is 1.25. The molecule has 3 aromatic rings. The number of fused-ring (bicyclic) bond motifs is 1. The first-order valence-electron chi connectivity index (χ1n) is 10.7. The maximum Gasteiger partial charge on any atom is 0.257 e. The molecule has 1 amide bonds. The highest BCUT2D eigenvalue weighted by Crippen LogP contribution is 2.30. The van der Waals surface area contributed by atoms with Gasteiger partial charge in [0, 0.05) is 18.7 Å². The van der Waals surface area contributed by atoms with E-state index in [0.29, 0.717) is 39.8 Å². The van der Waals surface area contributed by atoms with Gasteiger partial charge in [-0.1, -0.05) is 38.0 Å². The lowest BCUT2D eigenvalue weighted by atomic mass is 10.2. The van der Waals surface area contributed by atoms with Crippen molar-refractivity contribution in [2.24, 2.45) is 0 Å². The highest BCUT2D eigenvalue weighted by Gasteiger charge is 2.24. The Labute approximate surface area is 193 Å². The Bertz CT molecular complexity index is 1150. The van der Waals surface area contributed by atoms with Crippen LogP contribution in [0.15, 0.2) is 47.4 Å². The molecule has 172 valence electrons. The molecule has 0 aliphatic carbocycles. The number of nitrogens with zero attached hydrogens (tertiary/aromatic N) is 2. The van der Waals surface area contributed by atoms with Crippen LogP contribution in [0.2, 0.25) is 0 Å². The molecule has 1 heterocycles. The number of anilines is 1. The summed E-state index contributed by atoms with van der Waals surface area (Å²) < 4.78 is 33.9. The van der Waals surface area contributed by atoms with Gasteiger partial charge in [0.1, 0.15) is 5.75 Å². The lowest BCUT2D eigenvalue weighted by Crippen LogP contribution is -2.33. The third-order valence-electron chi connectivity index (χ3n) is 5.09. The van der Waals surface area contributed by atoms with E-state index in [9.17, 15) is 13.2 Å². The predicted molar refractivity (Wildman–Crippen MR) is 129 cm³/mol. The highest BCUT2D eigenvalue weighted by molar-refractivity contribution is 7.89. The normalized spacial score (nSPS) is 11.8. The molecule has 2 aromatic carbocycles. The average Bonchev–Trinajstić information content (AvgIpc) is 3.20. The van der Waals surface area contributed by atoms with E-state index >= 15 is 0 Å². The summed E-state index contributed by atoms with van der Waals surface area (Å²) in [5, 5.41) is 3.21. The molecular weight excluding hydrogens is 446 g/mol. The lowest BCUT2D eigenvalue weighted by Gasteiger charge is -2.21. The van der Waals surface area contributed by atoms with Gasteiger partial charge in [0.05, 0.1) is 22.2 Å². The Kier molecular flexibility index (Phi) is 8.22. The van der Waals surface area contributed by atoms with Gasteiger partial charge in [-0.15, -0.1) is 0 Å². The van der Waals surface area contributed by atoms with Gasteiger partial charge in [-0.05, 0) is 55.3 Å². The Balaban J connectivity index is 1.81. The molecule has 0 saturated heterocycles. The van der Waals surface area contributed by atoms with Gasteiger partial charge in [-0.25, -0.2) is 13.4 Å². The van der Waals surface area contributed by atoms with E-state index in [1.54, 1.807) is 53.9 Å². The fraction of sp³-hybridized carbons (Fsp3) is 0.391. The number of ether oxygens (including phenoxy) is 1. The topological polar surface area (TPSA) is 88.6 Å². The summed E-state index contributed by atoms with van der Waals surface area (Å²) in [7, 11) is -2.02. The summed E-state index contributed by atoms with van der Waals surface area (Å²) in [5.41, 5.74) is 1.13. The van der Waals surface area contributed by atoms with E-state index < -0.39 is 10.0 Å². The van der Waals surface area contributed by atoms with Crippen LogP contribution in [0.25, 0.3) is 10.2 Å². The van der Waals surface area contributed by atoms with Crippen LogP contribution in [-0.4, -0.2) is 43.8 Å². The number of hydrogen-bond donors (Lipinski definition) is 1. The Morgan fingerprint density at radius 1 is 1.06 bits per heavy atom. The zero-order valence-electron chi connectivity index (χ0n) is 18.6. The molecule has 32 heavy (non-hydrogen) atoms. The van der Waals surface area contributed by atoms with Gasteiger partial charge in [-0.2, -0.15) is 4.31 Å². The largest absolute Gasteiger partial charge is 0.497 e. The summed E-state index contributed by atoms with van der Waals surface area (Å²) in [5.74, 6) is 0.382. The molecular formula is C23H29N3O4S2. The average molecular weight is 476 g/mol. The number of nitrogens with one attached hydrogen (secondary N) is 1. The van der Waals surface area contributed by atoms with Crippen LogP contribution >= 0.6 is 11.3 Å². The lowest BCUT2D eigenvalue weighted by molar-refractivity contribution is 0.102. The molecule has 9 heteroatoms. The number of aromatic nitrogens is 1. The van der Waals surface area contributed by atoms with E-state index in [2.05, 4.69) is 24.1 Å². The van der Waals surface area contributed by atoms with Crippen molar-refractivity contribution in [1.82, 2.24) is 9.29 Å². The molecule has 0 fully saturated rings. The molecule has 0 aliphatic heterocycles. The molecule has 0 saturated carbocycles. The quantitative estimate of drug-likeness (QED) is 0.414. The first-order valence-corrected chi connectivity index (χ1v) is 13.0. The first kappa shape index (κ1) is 24.2. The van der Waals surface area contributed by atoms with Crippen molar-refractivity contribution >= 4 is 42.6 Å². The van der Waals surface area contributed by atoms with Gasteiger partial charge in [0.15, 0.2) is 5.13 Å². The minimum atomic E-state index is -3.59. The van der Waals surface area contributed by atoms with E-state index in [1.165, 1.54) is 11.3 Å². The molecule has 0 bridgehead atoms. The second-order valence-corrected chi connectivity index (χ2v) is 10.4. The molecule has 1 aromatic heterocycles. The van der Waals surface area contributed by atoms with E-state index in [-0.39, 0.29) is 10.8 Å². The van der Waals surface area contributed by atoms with Crippen molar-refractivity contribution in [3.8, 4) is 5.75 Å². The number of unbranched alkanes of at least 4 members (excludes halogenated alkanes) is 2. The SMILES string of the molecule is CCCCN(CCCC)S(=O)(=O)c1ccc2nc(NC(=O)c3ccc(OC)cc3)sc2c1. The van der Waals surface area contributed by atoms with Crippen LogP contribution in [0.5, 0.6) is 5.75 Å². The molecule has 0 atom stereocenters. The Hall–Kier alpha value is -2.49. The van der Waals surface area contributed by atoms with Gasteiger partial charge < -0.3 is 4.74 Å². The van der Waals surface area contributed by atoms with Gasteiger partial charge >= 0.3 is 0 Å². The van der Waals surface area contributed by atoms with Crippen LogP contribution in [0, 0.1) is 0 Å². The number of thiazole rings is 1. The van der Waals surface area contributed by atoms with Crippen LogP contribution in [0.3, 0.4) is 0 Å². The van der Waals surface area contributed by atoms with Gasteiger partial charge in [-0.3, -0.25) is 10.1 Å². The second kappa shape index (κ2) is 10.9. The second-order valence-electron chi connectivity index (χ2n) is 7.44. The van der Waals surface area contributed by atoms with Gasteiger partial charge in [0.2, 0.25) is 10.0 Å². The molecule has 7 nitrogen and oxygen atoms in total. The number of carbonyl (C=O) groups is 1. The summed E-state index contributed by atoms with van der Waals surface area (Å²) in [6, 6.07) is 11.7. The maximum atomic E-state index is 13.2. The summed E-state index contributed by atoms with van der Waals surface area (Å²) in [4.78, 5) is 17.2. The third-order valence-corrected chi connectivity index (χ3v) is 7.92. The van der Waals surface area contributed by atoms with Crippen molar-refractivity contribution in [2.45, 2.75) is 44.4 Å². The molecule has 3 rings (SSSR count). The van der Waals surface area contributed by atoms with Crippen molar-refractivity contribution < 1.29 is 17.9 Å². The number of sulfonamides is 1. The maximum absolute atomic E-state index is 13.2. The van der Waals surface area contributed by atoms with Crippen LogP contribution < -0.4 is 10.1 Å². The highest BCUT2D eigenvalue weighted by atomic mass is 32.2. The number of methoxy groups -OCH3 is 1. The molecule has 0 aliphatic rings. The molecule has 0 unspecified atom stereocenters. The van der Waals surface area contributed by atoms with Crippen molar-refractivity contribution in [2.75, 3.05) is 25.5 Å². The fourth-order valence-electron chi connectivity index (χ4n) is 3.20. The minimum Gasteiger partial charge on any atom is -0.497 e. The van der Waals surface area contributed by atoms with Crippen LogP contribution in [-0.2, 0) is 10.0 Å². The summed E-state index contributed by atoms with van der Waals surface area (Å²) in [6.07, 6.45) is 3.52. The molecule has 0 radical (unpaired) electrons. The van der Waals surface area contributed by atoms with Crippen molar-refractivity contribution in [3.05, 3.63) is 48.0 Å². The van der Waals surface area contributed by atoms with Crippen LogP contribution in [0.1, 0.15) is 49.9 Å². The van der Waals surface area contributed by atoms with Crippen LogP contribution in [0.4, 0.5) is 5.13 Å². The monoisotopic (exact) mass is 475 g/mol. The number of amides is 1. The number of benzene rings is 2. The number of rotatable bonds is 11. The minimum absolute atomic E-state index is 0.258. The van der Waals surface area contributed by atoms with E-state index in [1.807, 2.05) is 0 Å².